The fourth-order valence-corrected chi connectivity index (χ4v) is 9.68. The van der Waals surface area contributed by atoms with Gasteiger partial charge in [-0.3, -0.25) is 29.5 Å². The molecule has 0 aromatic heterocycles. The fraction of sp³-hybridized carbons (Fsp3) is 0.273. The number of nitrogens with zero attached hydrogens (tertiary/aromatic N) is 2. The molecule has 2 aliphatic heterocycles. The highest BCUT2D eigenvalue weighted by Crippen LogP contribution is 2.62. The minimum Gasteiger partial charge on any atom is -0.504 e. The number of carbonyl (C=O) groups excluding carboxylic acids is 4. The number of fused-ring (bicyclic) bond motifs is 4. The molecule has 2 N–H and O–H groups in total. The molecule has 0 bridgehead atoms. The molecule has 0 spiro atoms. The molecule has 4 aliphatic rings. The Hall–Kier alpha value is -5.58. The molecule has 3 fully saturated rings. The Morgan fingerprint density at radius 1 is 0.875 bits per heavy atom. The van der Waals surface area contributed by atoms with Crippen LogP contribution in [0.15, 0.2) is 103 Å². The molecular formula is C44H39Cl2N3O7. The van der Waals surface area contributed by atoms with Crippen LogP contribution >= 0.6 is 23.2 Å². The normalized spacial score (nSPS) is 25.6. The lowest BCUT2D eigenvalue weighted by Gasteiger charge is -2.49. The van der Waals surface area contributed by atoms with Crippen molar-refractivity contribution in [3.8, 4) is 17.2 Å². The van der Waals surface area contributed by atoms with Crippen molar-refractivity contribution < 1.29 is 33.8 Å². The second kappa shape index (κ2) is 14.5. The highest BCUT2D eigenvalue weighted by molar-refractivity contribution is 6.36. The van der Waals surface area contributed by atoms with Crippen LogP contribution in [-0.2, 0) is 31.0 Å². The monoisotopic (exact) mass is 791 g/mol. The van der Waals surface area contributed by atoms with E-state index in [0.29, 0.717) is 33.3 Å². The predicted molar refractivity (Wildman–Crippen MR) is 213 cm³/mol. The summed E-state index contributed by atoms with van der Waals surface area (Å²) >= 11 is 12.8. The van der Waals surface area contributed by atoms with Gasteiger partial charge in [0, 0.05) is 10.9 Å². The van der Waals surface area contributed by atoms with Gasteiger partial charge < -0.3 is 14.6 Å². The maximum absolute atomic E-state index is 15.4. The average Bonchev–Trinajstić information content (AvgIpc) is 3.59. The SMILES string of the molecule is CCc1ccc(N2C(=O)[C@H]3[C@H](CC=C4[C@H]3C[C@H]3C(=O)N(Nc5ccc(Cl)cc5Cl)C(=O)[C@@]3(c3ccc(OC)cc3)[C@H]4C=Cc3ccc(O)c(OC)c3)C2=O)cc1. The maximum Gasteiger partial charge on any atom is 0.260 e. The summed E-state index contributed by atoms with van der Waals surface area (Å²) in [7, 11) is 3.01. The van der Waals surface area contributed by atoms with Crippen LogP contribution in [0.2, 0.25) is 10.0 Å². The lowest BCUT2D eigenvalue weighted by molar-refractivity contribution is -0.139. The summed E-state index contributed by atoms with van der Waals surface area (Å²) in [4.78, 5) is 60.3. The Morgan fingerprint density at radius 2 is 1.62 bits per heavy atom. The summed E-state index contributed by atoms with van der Waals surface area (Å²) < 4.78 is 10.9. The number of methoxy groups -OCH3 is 2. The van der Waals surface area contributed by atoms with E-state index in [1.165, 1.54) is 24.1 Å². The molecule has 0 unspecified atom stereocenters. The van der Waals surface area contributed by atoms with Gasteiger partial charge in [0.05, 0.1) is 53.8 Å². The first-order chi connectivity index (χ1) is 27.0. The second-order valence-electron chi connectivity index (χ2n) is 14.6. The number of anilines is 2. The molecule has 6 atom stereocenters. The maximum atomic E-state index is 15.4. The van der Waals surface area contributed by atoms with E-state index in [1.807, 2.05) is 37.3 Å². The second-order valence-corrected chi connectivity index (χ2v) is 15.4. The standard InChI is InChI=1S/C44H39Cl2N3O7/c1-4-24-5-12-28(13-6-24)48-40(51)31-17-16-30-32(39(31)42(48)53)23-34-41(52)49(47-36-19-11-27(45)22-35(36)46)43(54)44(34,26-9-14-29(55-2)15-10-26)33(30)18-7-25-8-20-37(50)38(21-25)56-3/h5-16,18-22,31-34,39,47,50H,4,17,23H2,1-3H3/t31-,32+,33-,34-,39-,44-/m0/s1. The van der Waals surface area contributed by atoms with E-state index in [1.54, 1.807) is 67.8 Å². The van der Waals surface area contributed by atoms with Crippen molar-refractivity contribution in [3.63, 3.8) is 0 Å². The van der Waals surface area contributed by atoms with Crippen molar-refractivity contribution in [2.75, 3.05) is 24.5 Å². The first-order valence-electron chi connectivity index (χ1n) is 18.5. The van der Waals surface area contributed by atoms with Crippen LogP contribution in [0.5, 0.6) is 17.2 Å². The van der Waals surface area contributed by atoms with Crippen LogP contribution in [0.25, 0.3) is 6.08 Å². The van der Waals surface area contributed by atoms with Gasteiger partial charge in [0.2, 0.25) is 11.8 Å². The van der Waals surface area contributed by atoms with Crippen LogP contribution in [0.3, 0.4) is 0 Å². The smallest absolute Gasteiger partial charge is 0.260 e. The Kier molecular flexibility index (Phi) is 9.66. The zero-order chi connectivity index (χ0) is 39.5. The van der Waals surface area contributed by atoms with E-state index < -0.39 is 46.8 Å². The third-order valence-electron chi connectivity index (χ3n) is 11.9. The summed E-state index contributed by atoms with van der Waals surface area (Å²) in [6.45, 7) is 2.04. The number of carbonyl (C=O) groups is 4. The van der Waals surface area contributed by atoms with E-state index in [9.17, 15) is 19.5 Å². The molecule has 1 saturated carbocycles. The van der Waals surface area contributed by atoms with Gasteiger partial charge in [0.1, 0.15) is 5.75 Å². The van der Waals surface area contributed by atoms with Gasteiger partial charge in [-0.1, -0.05) is 84.3 Å². The highest BCUT2D eigenvalue weighted by Gasteiger charge is 2.69. The predicted octanol–water partition coefficient (Wildman–Crippen LogP) is 8.01. The molecule has 2 saturated heterocycles. The number of amides is 4. The molecule has 2 heterocycles. The van der Waals surface area contributed by atoms with Crippen molar-refractivity contribution in [2.45, 2.75) is 31.6 Å². The third-order valence-corrected chi connectivity index (χ3v) is 12.5. The molecule has 8 rings (SSSR count). The Morgan fingerprint density at radius 3 is 2.30 bits per heavy atom. The largest absolute Gasteiger partial charge is 0.504 e. The van der Waals surface area contributed by atoms with Crippen molar-refractivity contribution in [2.24, 2.45) is 29.6 Å². The summed E-state index contributed by atoms with van der Waals surface area (Å²) in [5, 5.41) is 12.0. The average molecular weight is 793 g/mol. The molecule has 286 valence electrons. The number of halogens is 2. The molecule has 4 aromatic carbocycles. The Labute approximate surface area is 334 Å². The van der Waals surface area contributed by atoms with E-state index >= 15 is 4.79 Å². The number of allylic oxidation sites excluding steroid dienone is 3. The van der Waals surface area contributed by atoms with Crippen LogP contribution in [0, 0.1) is 29.6 Å². The number of hydrogen-bond acceptors (Lipinski definition) is 8. The molecule has 4 aromatic rings. The third kappa shape index (κ3) is 5.85. The number of aryl methyl sites for hydroxylation is 1. The molecule has 0 radical (unpaired) electrons. The topological polar surface area (TPSA) is 125 Å². The van der Waals surface area contributed by atoms with Gasteiger partial charge in [-0.25, -0.2) is 0 Å². The summed E-state index contributed by atoms with van der Waals surface area (Å²) in [5.41, 5.74) is 5.47. The number of ether oxygens (including phenoxy) is 2. The van der Waals surface area contributed by atoms with Crippen molar-refractivity contribution in [3.05, 3.63) is 129 Å². The molecule has 12 heteroatoms. The minimum atomic E-state index is -1.50. The number of hydrogen-bond donors (Lipinski definition) is 2. The van der Waals surface area contributed by atoms with E-state index in [2.05, 4.69) is 5.43 Å². The number of nitrogens with one attached hydrogen (secondary N) is 1. The van der Waals surface area contributed by atoms with Crippen molar-refractivity contribution in [1.29, 1.82) is 0 Å². The van der Waals surface area contributed by atoms with Gasteiger partial charge in [0.25, 0.3) is 11.8 Å². The quantitative estimate of drug-likeness (QED) is 0.129. The molecule has 2 aliphatic carbocycles. The van der Waals surface area contributed by atoms with Gasteiger partial charge in [-0.05, 0) is 96.5 Å². The van der Waals surface area contributed by atoms with Crippen molar-refractivity contribution >= 4 is 64.3 Å². The van der Waals surface area contributed by atoms with Gasteiger partial charge >= 0.3 is 0 Å². The molecule has 10 nitrogen and oxygen atoms in total. The first kappa shape index (κ1) is 37.3. The van der Waals surface area contributed by atoms with Crippen molar-refractivity contribution in [1.82, 2.24) is 5.01 Å². The Balaban J connectivity index is 1.30. The number of rotatable bonds is 9. The van der Waals surface area contributed by atoms with Crippen LogP contribution in [0.4, 0.5) is 11.4 Å². The zero-order valence-corrected chi connectivity index (χ0v) is 32.4. The van der Waals surface area contributed by atoms with Gasteiger partial charge in [0.15, 0.2) is 11.5 Å². The molecule has 4 amide bonds. The molecule has 56 heavy (non-hydrogen) atoms. The number of benzene rings is 4. The van der Waals surface area contributed by atoms with Crippen LogP contribution in [0.1, 0.15) is 36.5 Å². The van der Waals surface area contributed by atoms with E-state index in [-0.39, 0.29) is 41.2 Å². The van der Waals surface area contributed by atoms with E-state index in [4.69, 9.17) is 32.7 Å². The highest BCUT2D eigenvalue weighted by atomic mass is 35.5. The summed E-state index contributed by atoms with van der Waals surface area (Å²) in [5.74, 6) is -4.43. The number of imide groups is 2. The summed E-state index contributed by atoms with van der Waals surface area (Å²) in [6, 6.07) is 24.2. The minimum absolute atomic E-state index is 0.0318. The molecular weight excluding hydrogens is 753 g/mol. The lowest BCUT2D eigenvalue weighted by atomic mass is 9.50. The Bertz CT molecular complexity index is 2330. The lowest BCUT2D eigenvalue weighted by Crippen LogP contribution is -2.54. The van der Waals surface area contributed by atoms with E-state index in [0.717, 1.165) is 22.6 Å². The number of aromatic hydroxyl groups is 1. The van der Waals surface area contributed by atoms with Gasteiger partial charge in [-0.15, -0.1) is 0 Å². The van der Waals surface area contributed by atoms with Crippen LogP contribution < -0.4 is 19.8 Å². The van der Waals surface area contributed by atoms with Crippen LogP contribution in [-0.4, -0.2) is 48.0 Å². The fourth-order valence-electron chi connectivity index (χ4n) is 9.23. The first-order valence-corrected chi connectivity index (χ1v) is 19.2. The number of phenolic OH excluding ortho intramolecular Hbond substituents is 1. The summed E-state index contributed by atoms with van der Waals surface area (Å²) in [6.07, 6.45) is 6.96. The number of hydrazine groups is 1. The van der Waals surface area contributed by atoms with Gasteiger partial charge in [-0.2, -0.15) is 5.01 Å². The number of phenols is 1. The zero-order valence-electron chi connectivity index (χ0n) is 30.9.